The summed E-state index contributed by atoms with van der Waals surface area (Å²) in [6.07, 6.45) is -2.46. The van der Waals surface area contributed by atoms with Gasteiger partial charge in [-0.2, -0.15) is 13.2 Å². The van der Waals surface area contributed by atoms with Crippen molar-refractivity contribution < 1.29 is 17.9 Å². The molecule has 0 aliphatic carbocycles. The largest absolute Gasteiger partial charge is 0.468 e. The summed E-state index contributed by atoms with van der Waals surface area (Å²) in [5, 5.41) is 1.92. The molecule has 0 saturated heterocycles. The van der Waals surface area contributed by atoms with Crippen LogP contribution in [-0.4, -0.2) is 39.2 Å². The number of hydrogen-bond acceptors (Lipinski definition) is 6. The van der Waals surface area contributed by atoms with Gasteiger partial charge in [-0.15, -0.1) is 11.3 Å². The lowest BCUT2D eigenvalue weighted by Gasteiger charge is -2.28. The van der Waals surface area contributed by atoms with Crippen LogP contribution in [0, 0.1) is 0 Å². The third-order valence-electron chi connectivity index (χ3n) is 4.52. The van der Waals surface area contributed by atoms with Gasteiger partial charge in [0.1, 0.15) is 0 Å². The molecule has 3 aromatic heterocycles. The van der Waals surface area contributed by atoms with Crippen molar-refractivity contribution in [1.82, 2.24) is 19.9 Å². The number of nitrogens with one attached hydrogen (secondary N) is 1. The number of fused-ring (bicyclic) bond motifs is 1. The first-order chi connectivity index (χ1) is 13.9. The van der Waals surface area contributed by atoms with Gasteiger partial charge in [0.15, 0.2) is 12.4 Å². The maximum atomic E-state index is 12.6. The Bertz CT molecular complexity index is 1050. The second-order valence-corrected chi connectivity index (χ2v) is 7.60. The van der Waals surface area contributed by atoms with Crippen LogP contribution < -0.4 is 10.3 Å². The fourth-order valence-electron chi connectivity index (χ4n) is 3.21. The van der Waals surface area contributed by atoms with E-state index in [1.165, 1.54) is 17.5 Å². The topological polar surface area (TPSA) is 71.1 Å². The van der Waals surface area contributed by atoms with E-state index in [1.807, 2.05) is 22.4 Å². The molecule has 10 heteroatoms. The minimum absolute atomic E-state index is 0.0456. The van der Waals surface area contributed by atoms with Gasteiger partial charge >= 0.3 is 6.18 Å². The number of aromatic amines is 1. The van der Waals surface area contributed by atoms with E-state index in [0.29, 0.717) is 43.0 Å². The molecule has 0 bridgehead atoms. The molecule has 4 rings (SSSR count). The van der Waals surface area contributed by atoms with E-state index in [4.69, 9.17) is 4.74 Å². The average Bonchev–Trinajstić information content (AvgIpc) is 3.22. The molecule has 0 radical (unpaired) electrons. The Morgan fingerprint density at radius 1 is 1.28 bits per heavy atom. The van der Waals surface area contributed by atoms with Crippen LogP contribution in [0.15, 0.2) is 40.6 Å². The highest BCUT2D eigenvalue weighted by molar-refractivity contribution is 7.13. The first kappa shape index (κ1) is 19.6. The van der Waals surface area contributed by atoms with E-state index in [-0.39, 0.29) is 11.4 Å². The van der Waals surface area contributed by atoms with Crippen LogP contribution in [0.5, 0.6) is 5.88 Å². The fourth-order valence-corrected chi connectivity index (χ4v) is 3.88. The lowest BCUT2D eigenvalue weighted by atomic mass is 10.1. The Labute approximate surface area is 168 Å². The van der Waals surface area contributed by atoms with Gasteiger partial charge in [-0.3, -0.25) is 9.69 Å². The third-order valence-corrected chi connectivity index (χ3v) is 5.40. The Balaban J connectivity index is 1.51. The summed E-state index contributed by atoms with van der Waals surface area (Å²) >= 11 is 1.50. The Kier molecular flexibility index (Phi) is 5.37. The van der Waals surface area contributed by atoms with Gasteiger partial charge in [-0.25, -0.2) is 9.97 Å². The molecule has 0 aromatic carbocycles. The summed E-state index contributed by atoms with van der Waals surface area (Å²) in [6.45, 7) is -0.0849. The van der Waals surface area contributed by atoms with E-state index < -0.39 is 12.8 Å². The van der Waals surface area contributed by atoms with Crippen LogP contribution in [0.3, 0.4) is 0 Å². The van der Waals surface area contributed by atoms with Crippen LogP contribution in [0.1, 0.15) is 16.8 Å². The van der Waals surface area contributed by atoms with Crippen molar-refractivity contribution in [1.29, 1.82) is 0 Å². The molecule has 0 saturated carbocycles. The zero-order valence-electron chi connectivity index (χ0n) is 15.2. The number of ether oxygens (including phenoxy) is 1. The highest BCUT2D eigenvalue weighted by atomic mass is 32.1. The maximum absolute atomic E-state index is 12.6. The van der Waals surface area contributed by atoms with Gasteiger partial charge in [-0.05, 0) is 17.5 Å². The maximum Gasteiger partial charge on any atom is 0.422 e. The SMILES string of the molecule is O=c1[nH]c(-c2cccs2)nc2c1CN(Cc1cccnc1OCC(F)(F)F)CC2. The highest BCUT2D eigenvalue weighted by Crippen LogP contribution is 2.25. The second kappa shape index (κ2) is 7.96. The van der Waals surface area contributed by atoms with E-state index in [0.717, 1.165) is 10.6 Å². The Hall–Kier alpha value is -2.72. The molecule has 1 N–H and O–H groups in total. The summed E-state index contributed by atoms with van der Waals surface area (Å²) in [4.78, 5) is 26.8. The normalized spacial score (nSPS) is 14.6. The van der Waals surface area contributed by atoms with Gasteiger partial charge in [0.05, 0.1) is 16.1 Å². The molecular weight excluding hydrogens is 405 g/mol. The van der Waals surface area contributed by atoms with Crippen molar-refractivity contribution >= 4 is 11.3 Å². The molecule has 3 aromatic rings. The van der Waals surface area contributed by atoms with Gasteiger partial charge in [0.2, 0.25) is 5.88 Å². The molecule has 1 aliphatic heterocycles. The first-order valence-corrected chi connectivity index (χ1v) is 9.79. The van der Waals surface area contributed by atoms with Gasteiger partial charge in [0.25, 0.3) is 5.56 Å². The summed E-state index contributed by atoms with van der Waals surface area (Å²) in [5.74, 6) is 0.517. The zero-order chi connectivity index (χ0) is 20.4. The van der Waals surface area contributed by atoms with Crippen LogP contribution in [0.2, 0.25) is 0 Å². The standard InChI is InChI=1S/C19H17F3N4O2S/c20-19(21,22)11-28-18-12(3-1-6-23-18)9-26-7-5-14-13(10-26)17(27)25-16(24-14)15-4-2-8-29-15/h1-4,6,8H,5,7,9-11H2,(H,24,25,27). The number of thiophene rings is 1. The van der Waals surface area contributed by atoms with E-state index in [9.17, 15) is 18.0 Å². The Morgan fingerprint density at radius 3 is 2.90 bits per heavy atom. The molecule has 0 fully saturated rings. The number of pyridine rings is 1. The van der Waals surface area contributed by atoms with E-state index >= 15 is 0 Å². The first-order valence-electron chi connectivity index (χ1n) is 8.91. The van der Waals surface area contributed by atoms with Gasteiger partial charge in [-0.1, -0.05) is 12.1 Å². The molecule has 1 aliphatic rings. The van der Waals surface area contributed by atoms with Crippen molar-refractivity contribution in [3.05, 3.63) is 63.0 Å². The van der Waals surface area contributed by atoms with E-state index in [2.05, 4.69) is 15.0 Å². The molecule has 152 valence electrons. The van der Waals surface area contributed by atoms with Crippen molar-refractivity contribution in [2.75, 3.05) is 13.2 Å². The lowest BCUT2D eigenvalue weighted by molar-refractivity contribution is -0.154. The molecule has 4 heterocycles. The van der Waals surface area contributed by atoms with Crippen LogP contribution in [0.25, 0.3) is 10.7 Å². The number of aromatic nitrogens is 3. The fraction of sp³-hybridized carbons (Fsp3) is 0.316. The third kappa shape index (κ3) is 4.65. The van der Waals surface area contributed by atoms with Crippen molar-refractivity contribution in [3.63, 3.8) is 0 Å². The molecule has 6 nitrogen and oxygen atoms in total. The van der Waals surface area contributed by atoms with Crippen LogP contribution >= 0.6 is 11.3 Å². The number of rotatable bonds is 5. The monoisotopic (exact) mass is 422 g/mol. The average molecular weight is 422 g/mol. The van der Waals surface area contributed by atoms with Crippen molar-refractivity contribution in [2.24, 2.45) is 0 Å². The van der Waals surface area contributed by atoms with Crippen LogP contribution in [-0.2, 0) is 19.5 Å². The molecule has 29 heavy (non-hydrogen) atoms. The lowest BCUT2D eigenvalue weighted by Crippen LogP contribution is -2.35. The molecular formula is C19H17F3N4O2S. The van der Waals surface area contributed by atoms with Gasteiger partial charge in [0, 0.05) is 37.8 Å². The minimum atomic E-state index is -4.43. The summed E-state index contributed by atoms with van der Waals surface area (Å²) in [7, 11) is 0. The quantitative estimate of drug-likeness (QED) is 0.683. The second-order valence-electron chi connectivity index (χ2n) is 6.65. The minimum Gasteiger partial charge on any atom is -0.468 e. The van der Waals surface area contributed by atoms with Crippen molar-refractivity contribution in [3.8, 4) is 16.6 Å². The predicted octanol–water partition coefficient (Wildman–Crippen LogP) is 3.39. The van der Waals surface area contributed by atoms with Crippen molar-refractivity contribution in [2.45, 2.75) is 25.7 Å². The molecule has 0 amide bonds. The Morgan fingerprint density at radius 2 is 2.14 bits per heavy atom. The van der Waals surface area contributed by atoms with E-state index in [1.54, 1.807) is 12.1 Å². The van der Waals surface area contributed by atoms with Crippen LogP contribution in [0.4, 0.5) is 13.2 Å². The summed E-state index contributed by atoms with van der Waals surface area (Å²) < 4.78 is 42.3. The molecule has 0 atom stereocenters. The summed E-state index contributed by atoms with van der Waals surface area (Å²) in [5.41, 5.74) is 1.69. The number of nitrogens with zero attached hydrogens (tertiary/aromatic N) is 3. The predicted molar refractivity (Wildman–Crippen MR) is 102 cm³/mol. The molecule has 0 unspecified atom stereocenters. The zero-order valence-corrected chi connectivity index (χ0v) is 16.0. The highest BCUT2D eigenvalue weighted by Gasteiger charge is 2.29. The number of halogens is 3. The number of H-pyrrole nitrogens is 1. The smallest absolute Gasteiger partial charge is 0.422 e. The molecule has 0 spiro atoms. The summed E-state index contributed by atoms with van der Waals surface area (Å²) in [6, 6.07) is 7.12. The number of hydrogen-bond donors (Lipinski definition) is 1. The van der Waals surface area contributed by atoms with Gasteiger partial charge < -0.3 is 9.72 Å². The number of alkyl halides is 3.